The third kappa shape index (κ3) is 3.25. The summed E-state index contributed by atoms with van der Waals surface area (Å²) in [6, 6.07) is 20.5. The Morgan fingerprint density at radius 1 is 0.885 bits per heavy atom. The highest BCUT2D eigenvalue weighted by Gasteiger charge is 2.50. The van der Waals surface area contributed by atoms with Crippen molar-refractivity contribution < 1.29 is 9.53 Å². The molecule has 0 unspecified atom stereocenters. The van der Waals surface area contributed by atoms with E-state index in [9.17, 15) is 4.79 Å². The van der Waals surface area contributed by atoms with Crippen LogP contribution in [0.25, 0.3) is 0 Å². The smallest absolute Gasteiger partial charge is 0.415 e. The minimum Gasteiger partial charge on any atom is -0.436 e. The molecule has 2 heterocycles. The van der Waals surface area contributed by atoms with Gasteiger partial charge in [-0.3, -0.25) is 9.80 Å². The van der Waals surface area contributed by atoms with Crippen molar-refractivity contribution in [2.75, 3.05) is 13.1 Å². The van der Waals surface area contributed by atoms with Gasteiger partial charge in [-0.25, -0.2) is 4.79 Å². The topological polar surface area (TPSA) is 32.8 Å². The van der Waals surface area contributed by atoms with Crippen LogP contribution in [0.5, 0.6) is 0 Å². The lowest BCUT2D eigenvalue weighted by Crippen LogP contribution is -2.45. The molecule has 0 radical (unpaired) electrons. The summed E-state index contributed by atoms with van der Waals surface area (Å²) in [6.45, 7) is 7.49. The minimum absolute atomic E-state index is 0.268. The average Bonchev–Trinajstić information content (AvgIpc) is 2.90. The first-order valence-electron chi connectivity index (χ1n) is 9.16. The summed E-state index contributed by atoms with van der Waals surface area (Å²) in [6.07, 6.45) is 1.33. The molecule has 1 spiro atoms. The second kappa shape index (κ2) is 6.96. The second-order valence-corrected chi connectivity index (χ2v) is 7.14. The van der Waals surface area contributed by atoms with Gasteiger partial charge >= 0.3 is 6.09 Å². The van der Waals surface area contributed by atoms with Crippen molar-refractivity contribution in [1.82, 2.24) is 9.80 Å². The first kappa shape index (κ1) is 16.9. The molecule has 2 aromatic rings. The minimum atomic E-state index is -0.529. The van der Waals surface area contributed by atoms with Crippen LogP contribution in [0.2, 0.25) is 0 Å². The Bertz CT molecular complexity index is 780. The van der Waals surface area contributed by atoms with Crippen molar-refractivity contribution in [2.24, 2.45) is 0 Å². The summed E-state index contributed by atoms with van der Waals surface area (Å²) < 4.78 is 5.85. The molecule has 4 heteroatoms. The molecule has 0 atom stereocenters. The number of amides is 1. The Morgan fingerprint density at radius 3 is 2.00 bits per heavy atom. The van der Waals surface area contributed by atoms with Gasteiger partial charge in [-0.2, -0.15) is 0 Å². The van der Waals surface area contributed by atoms with Crippen LogP contribution in [-0.4, -0.2) is 34.6 Å². The average molecular weight is 348 g/mol. The van der Waals surface area contributed by atoms with Crippen molar-refractivity contribution in [3.05, 3.63) is 84.1 Å². The lowest BCUT2D eigenvalue weighted by Gasteiger charge is -2.38. The number of rotatable bonds is 4. The lowest BCUT2D eigenvalue weighted by atomic mass is 9.88. The molecular formula is C22H24N2O2. The highest BCUT2D eigenvalue weighted by Crippen LogP contribution is 2.41. The third-order valence-electron chi connectivity index (χ3n) is 5.45. The fourth-order valence-electron chi connectivity index (χ4n) is 3.87. The van der Waals surface area contributed by atoms with E-state index in [-0.39, 0.29) is 6.09 Å². The molecular weight excluding hydrogens is 324 g/mol. The number of carbonyl (C=O) groups excluding carboxylic acids is 1. The van der Waals surface area contributed by atoms with E-state index < -0.39 is 5.60 Å². The predicted octanol–water partition coefficient (Wildman–Crippen LogP) is 4.19. The van der Waals surface area contributed by atoms with Gasteiger partial charge in [0.15, 0.2) is 5.60 Å². The van der Waals surface area contributed by atoms with Gasteiger partial charge in [0.25, 0.3) is 0 Å². The van der Waals surface area contributed by atoms with E-state index in [2.05, 4.69) is 35.7 Å². The van der Waals surface area contributed by atoms with Crippen molar-refractivity contribution in [3.63, 3.8) is 0 Å². The number of likely N-dealkylation sites (tertiary alicyclic amines) is 1. The largest absolute Gasteiger partial charge is 0.436 e. The van der Waals surface area contributed by atoms with Crippen LogP contribution in [0, 0.1) is 0 Å². The Kier molecular flexibility index (Phi) is 4.51. The van der Waals surface area contributed by atoms with E-state index in [1.54, 1.807) is 4.90 Å². The zero-order chi connectivity index (χ0) is 18.0. The standard InChI is InChI=1S/C22H24N2O2/c1-18-22(26-21(25)24(18)17-20-10-6-3-7-11-20)12-14-23(15-13-22)16-19-8-4-2-5-9-19/h2-11H,1,12-17H2. The van der Waals surface area contributed by atoms with E-state index in [0.29, 0.717) is 6.54 Å². The van der Waals surface area contributed by atoms with Gasteiger partial charge in [0, 0.05) is 32.5 Å². The highest BCUT2D eigenvalue weighted by atomic mass is 16.6. The number of hydrogen-bond donors (Lipinski definition) is 0. The first-order chi connectivity index (χ1) is 12.7. The van der Waals surface area contributed by atoms with E-state index in [1.807, 2.05) is 36.4 Å². The quantitative estimate of drug-likeness (QED) is 0.831. The molecule has 1 amide bonds. The molecule has 26 heavy (non-hydrogen) atoms. The number of nitrogens with zero attached hydrogens (tertiary/aromatic N) is 2. The lowest BCUT2D eigenvalue weighted by molar-refractivity contribution is 0.0127. The van der Waals surface area contributed by atoms with Crippen molar-refractivity contribution in [3.8, 4) is 0 Å². The van der Waals surface area contributed by atoms with Gasteiger partial charge < -0.3 is 4.74 Å². The third-order valence-corrected chi connectivity index (χ3v) is 5.45. The van der Waals surface area contributed by atoms with Crippen LogP contribution in [-0.2, 0) is 17.8 Å². The van der Waals surface area contributed by atoms with E-state index >= 15 is 0 Å². The molecule has 2 aliphatic rings. The molecule has 0 aromatic heterocycles. The summed E-state index contributed by atoms with van der Waals surface area (Å²) in [4.78, 5) is 16.6. The summed E-state index contributed by atoms with van der Waals surface area (Å²) in [7, 11) is 0. The van der Waals surface area contributed by atoms with Crippen molar-refractivity contribution in [1.29, 1.82) is 0 Å². The molecule has 2 aliphatic heterocycles. The van der Waals surface area contributed by atoms with E-state index in [0.717, 1.165) is 43.7 Å². The number of carbonyl (C=O) groups is 1. The Hall–Kier alpha value is -2.59. The van der Waals surface area contributed by atoms with Gasteiger partial charge in [-0.15, -0.1) is 0 Å². The molecule has 4 rings (SSSR count). The Balaban J connectivity index is 1.40. The zero-order valence-electron chi connectivity index (χ0n) is 14.9. The van der Waals surface area contributed by atoms with Crippen molar-refractivity contribution in [2.45, 2.75) is 31.5 Å². The maximum absolute atomic E-state index is 12.5. The number of hydrogen-bond acceptors (Lipinski definition) is 3. The fraction of sp³-hybridized carbons (Fsp3) is 0.318. The molecule has 4 nitrogen and oxygen atoms in total. The molecule has 2 aromatic carbocycles. The van der Waals surface area contributed by atoms with Crippen LogP contribution < -0.4 is 0 Å². The predicted molar refractivity (Wildman–Crippen MR) is 101 cm³/mol. The van der Waals surface area contributed by atoms with Gasteiger partial charge in [0.05, 0.1) is 12.2 Å². The van der Waals surface area contributed by atoms with Crippen LogP contribution >= 0.6 is 0 Å². The van der Waals surface area contributed by atoms with Gasteiger partial charge in [0.2, 0.25) is 0 Å². The van der Waals surface area contributed by atoms with E-state index in [4.69, 9.17) is 4.74 Å². The normalized spacial score (nSPS) is 19.8. The Labute approximate surface area is 154 Å². The molecule has 0 aliphatic carbocycles. The second-order valence-electron chi connectivity index (χ2n) is 7.14. The zero-order valence-corrected chi connectivity index (χ0v) is 14.9. The maximum Gasteiger partial charge on any atom is 0.415 e. The Morgan fingerprint density at radius 2 is 1.42 bits per heavy atom. The summed E-state index contributed by atoms with van der Waals surface area (Å²) in [5.41, 5.74) is 2.69. The maximum atomic E-state index is 12.5. The number of ether oxygens (including phenoxy) is 1. The van der Waals surface area contributed by atoms with Crippen LogP contribution in [0.3, 0.4) is 0 Å². The van der Waals surface area contributed by atoms with Crippen LogP contribution in [0.4, 0.5) is 4.79 Å². The SMILES string of the molecule is C=C1N(Cc2ccccc2)C(=O)OC12CCN(Cc1ccccc1)CC2. The monoisotopic (exact) mass is 348 g/mol. The van der Waals surface area contributed by atoms with Gasteiger partial charge in [0.1, 0.15) is 0 Å². The van der Waals surface area contributed by atoms with Crippen LogP contribution in [0.1, 0.15) is 24.0 Å². The number of benzene rings is 2. The van der Waals surface area contributed by atoms with Gasteiger partial charge in [-0.1, -0.05) is 67.2 Å². The number of piperidine rings is 1. The summed E-state index contributed by atoms with van der Waals surface area (Å²) in [5.74, 6) is 0. The highest BCUT2D eigenvalue weighted by molar-refractivity contribution is 5.75. The molecule has 0 N–H and O–H groups in total. The molecule has 2 fully saturated rings. The van der Waals surface area contributed by atoms with Gasteiger partial charge in [-0.05, 0) is 11.1 Å². The van der Waals surface area contributed by atoms with E-state index in [1.165, 1.54) is 5.56 Å². The molecule has 0 bridgehead atoms. The first-order valence-corrected chi connectivity index (χ1v) is 9.16. The molecule has 0 saturated carbocycles. The van der Waals surface area contributed by atoms with Crippen molar-refractivity contribution >= 4 is 6.09 Å². The molecule has 2 saturated heterocycles. The fourth-order valence-corrected chi connectivity index (χ4v) is 3.87. The van der Waals surface area contributed by atoms with Crippen LogP contribution in [0.15, 0.2) is 72.9 Å². The molecule has 134 valence electrons. The summed E-state index contributed by atoms with van der Waals surface area (Å²) >= 11 is 0. The summed E-state index contributed by atoms with van der Waals surface area (Å²) in [5, 5.41) is 0.